The van der Waals surface area contributed by atoms with Crippen molar-refractivity contribution in [3.05, 3.63) is 101 Å². The maximum absolute atomic E-state index is 14.3. The average molecular weight is 641 g/mol. The highest BCUT2D eigenvalue weighted by Crippen LogP contribution is 2.29. The molecule has 0 bridgehead atoms. The van der Waals surface area contributed by atoms with Gasteiger partial charge < -0.3 is 25.0 Å². The van der Waals surface area contributed by atoms with Crippen molar-refractivity contribution in [1.82, 2.24) is 30.0 Å². The van der Waals surface area contributed by atoms with E-state index in [1.165, 1.54) is 0 Å². The monoisotopic (exact) mass is 640 g/mol. The van der Waals surface area contributed by atoms with Gasteiger partial charge in [0.2, 0.25) is 11.8 Å². The molecule has 3 saturated heterocycles. The van der Waals surface area contributed by atoms with Gasteiger partial charge in [0, 0.05) is 52.4 Å². The van der Waals surface area contributed by atoms with Crippen molar-refractivity contribution < 1.29 is 24.2 Å². The van der Waals surface area contributed by atoms with E-state index in [-0.39, 0.29) is 43.1 Å². The maximum Gasteiger partial charge on any atom is 0.334 e. The molecular weight excluding hydrogens is 596 g/mol. The van der Waals surface area contributed by atoms with Crippen LogP contribution in [0.5, 0.6) is 5.75 Å². The first kappa shape index (κ1) is 32.5. The maximum atomic E-state index is 14.3. The van der Waals surface area contributed by atoms with Crippen molar-refractivity contribution >= 4 is 17.8 Å². The third-order valence-electron chi connectivity index (χ3n) is 9.41. The third-order valence-corrected chi connectivity index (χ3v) is 9.41. The van der Waals surface area contributed by atoms with Gasteiger partial charge in [0.25, 0.3) is 0 Å². The van der Waals surface area contributed by atoms with Crippen LogP contribution in [0, 0.1) is 0 Å². The zero-order valence-electron chi connectivity index (χ0n) is 27.1. The number of hydrogen-bond acceptors (Lipinski definition) is 7. The molecule has 2 N–H and O–H groups in total. The van der Waals surface area contributed by atoms with E-state index in [9.17, 15) is 19.5 Å². The minimum atomic E-state index is -0.813. The van der Waals surface area contributed by atoms with Gasteiger partial charge in [-0.2, -0.15) is 0 Å². The lowest BCUT2D eigenvalue weighted by Crippen LogP contribution is -2.76. The van der Waals surface area contributed by atoms with E-state index in [2.05, 4.69) is 29.4 Å². The van der Waals surface area contributed by atoms with Crippen molar-refractivity contribution in [2.75, 3.05) is 40.4 Å². The number of phenolic OH excluding ortho intramolecular Hbond substituents is 1. The molecule has 47 heavy (non-hydrogen) atoms. The number of aromatic hydroxyl groups is 1. The number of urea groups is 1. The predicted molar refractivity (Wildman–Crippen MR) is 177 cm³/mol. The molecule has 2 atom stereocenters. The summed E-state index contributed by atoms with van der Waals surface area (Å²) in [5, 5.41) is 16.1. The normalized spacial score (nSPS) is 20.9. The summed E-state index contributed by atoms with van der Waals surface area (Å²) in [6, 6.07) is 24.0. The van der Waals surface area contributed by atoms with Crippen LogP contribution in [0.1, 0.15) is 35.1 Å². The number of piperazine rings is 1. The molecule has 3 fully saturated rings. The highest BCUT2D eigenvalue weighted by Gasteiger charge is 2.50. The number of likely N-dealkylation sites (N-methyl/N-ethyl adjacent to an activating group) is 1. The van der Waals surface area contributed by atoms with Crippen LogP contribution >= 0.6 is 0 Å². The number of nitrogens with one attached hydrogen (secondary N) is 1. The molecule has 3 heterocycles. The number of nitrogens with zero attached hydrogens (tertiary/aromatic N) is 5. The number of carbonyl (C=O) groups excluding carboxylic acids is 3. The van der Waals surface area contributed by atoms with Crippen LogP contribution in [0.3, 0.4) is 0 Å². The van der Waals surface area contributed by atoms with E-state index in [0.29, 0.717) is 19.1 Å². The average Bonchev–Trinajstić information content (AvgIpc) is 3.07. The van der Waals surface area contributed by atoms with Crippen LogP contribution in [0.25, 0.3) is 0 Å². The molecular formula is C36H44N6O5. The number of carbonyl (C=O) groups is 3. The van der Waals surface area contributed by atoms with Crippen molar-refractivity contribution in [2.24, 2.45) is 0 Å². The predicted octanol–water partition coefficient (Wildman–Crippen LogP) is 3.18. The quantitative estimate of drug-likeness (QED) is 0.370. The van der Waals surface area contributed by atoms with Gasteiger partial charge in [-0.1, -0.05) is 66.7 Å². The molecule has 4 amide bonds. The smallest absolute Gasteiger partial charge is 0.334 e. The largest absolute Gasteiger partial charge is 0.508 e. The Morgan fingerprint density at radius 1 is 0.936 bits per heavy atom. The lowest BCUT2D eigenvalue weighted by atomic mass is 9.98. The number of rotatable bonds is 9. The molecule has 11 heteroatoms. The summed E-state index contributed by atoms with van der Waals surface area (Å²) in [5.74, 6) is -0.247. The van der Waals surface area contributed by atoms with Crippen LogP contribution in [0.2, 0.25) is 0 Å². The first-order chi connectivity index (χ1) is 22.8. The van der Waals surface area contributed by atoms with Crippen molar-refractivity contribution in [1.29, 1.82) is 0 Å². The summed E-state index contributed by atoms with van der Waals surface area (Å²) < 4.78 is 5.54. The number of fused-ring (bicyclic) bond motifs is 1. The number of hydrazine groups is 1. The molecule has 0 spiro atoms. The molecule has 0 aliphatic carbocycles. The Hall–Kier alpha value is -4.45. The van der Waals surface area contributed by atoms with Crippen molar-refractivity contribution in [2.45, 2.75) is 57.1 Å². The Morgan fingerprint density at radius 3 is 2.38 bits per heavy atom. The fraction of sp³-hybridized carbons (Fsp3) is 0.417. The van der Waals surface area contributed by atoms with Gasteiger partial charge in [-0.05, 0) is 54.3 Å². The molecule has 0 aromatic heterocycles. The Morgan fingerprint density at radius 2 is 1.64 bits per heavy atom. The minimum Gasteiger partial charge on any atom is -0.508 e. The number of benzene rings is 3. The summed E-state index contributed by atoms with van der Waals surface area (Å²) in [5.41, 5.74) is 3.93. The SMILES string of the molecule is CN(Cc1cccc(CN2C[C@H]3N(C(=O)CN(C)N3C(=O)NCc3ccccc3)[C@@H](Cc3ccc(O)cc3)C2=O)c1)C1CCOCC1. The number of amides is 4. The van der Waals surface area contributed by atoms with Crippen LogP contribution in [-0.4, -0.2) is 106 Å². The lowest BCUT2D eigenvalue weighted by molar-refractivity contribution is -0.187. The van der Waals surface area contributed by atoms with E-state index in [0.717, 1.165) is 54.9 Å². The Kier molecular flexibility index (Phi) is 10.1. The van der Waals surface area contributed by atoms with Crippen LogP contribution in [0.15, 0.2) is 78.9 Å². The Labute approximate surface area is 276 Å². The summed E-state index contributed by atoms with van der Waals surface area (Å²) >= 11 is 0. The molecule has 3 aromatic rings. The summed E-state index contributed by atoms with van der Waals surface area (Å²) in [4.78, 5) is 47.4. The highest BCUT2D eigenvalue weighted by atomic mass is 16.5. The highest BCUT2D eigenvalue weighted by molar-refractivity contribution is 5.91. The topological polar surface area (TPSA) is 109 Å². The molecule has 248 valence electrons. The van der Waals surface area contributed by atoms with Crippen LogP contribution in [0.4, 0.5) is 4.79 Å². The number of ether oxygens (including phenoxy) is 1. The molecule has 3 aliphatic heterocycles. The molecule has 6 rings (SSSR count). The Balaban J connectivity index is 1.25. The second-order valence-corrected chi connectivity index (χ2v) is 12.8. The van der Waals surface area contributed by atoms with Gasteiger partial charge in [0.15, 0.2) is 0 Å². The lowest BCUT2D eigenvalue weighted by Gasteiger charge is -2.54. The van der Waals surface area contributed by atoms with Crippen LogP contribution < -0.4 is 5.32 Å². The summed E-state index contributed by atoms with van der Waals surface area (Å²) in [6.45, 7) is 3.19. The van der Waals surface area contributed by atoms with E-state index >= 15 is 0 Å². The Bertz CT molecular complexity index is 1550. The van der Waals surface area contributed by atoms with Gasteiger partial charge in [0.1, 0.15) is 18.0 Å². The van der Waals surface area contributed by atoms with E-state index in [4.69, 9.17) is 4.74 Å². The summed E-state index contributed by atoms with van der Waals surface area (Å²) in [7, 11) is 3.87. The molecule has 0 radical (unpaired) electrons. The molecule has 3 aliphatic rings. The molecule has 0 saturated carbocycles. The van der Waals surface area contributed by atoms with E-state index < -0.39 is 12.2 Å². The van der Waals surface area contributed by atoms with Gasteiger partial charge in [-0.15, -0.1) is 0 Å². The fourth-order valence-corrected chi connectivity index (χ4v) is 6.95. The first-order valence-corrected chi connectivity index (χ1v) is 16.3. The van der Waals surface area contributed by atoms with Crippen LogP contribution in [-0.2, 0) is 40.4 Å². The van der Waals surface area contributed by atoms with E-state index in [1.807, 2.05) is 42.5 Å². The fourth-order valence-electron chi connectivity index (χ4n) is 6.95. The van der Waals surface area contributed by atoms with Gasteiger partial charge in [-0.25, -0.2) is 14.8 Å². The zero-order valence-corrected chi connectivity index (χ0v) is 27.1. The second-order valence-electron chi connectivity index (χ2n) is 12.8. The molecule has 3 aromatic carbocycles. The molecule has 0 unspecified atom stereocenters. The van der Waals surface area contributed by atoms with E-state index in [1.54, 1.807) is 51.1 Å². The zero-order chi connectivity index (χ0) is 32.9. The minimum absolute atomic E-state index is 0.0305. The standard InChI is InChI=1S/C36H44N6O5/c1-38(30-15-17-47-18-16-30)22-28-9-6-10-29(19-28)23-40-24-33-41(32(35(40)45)20-26-11-13-31(43)14-12-26)34(44)25-39(2)42(33)36(46)37-21-27-7-4-3-5-8-27/h3-14,19,30,32-33,43H,15-18,20-25H2,1-2H3,(H,37,46)/t32-,33-/m0/s1. The number of hydrogen-bond donors (Lipinski definition) is 2. The van der Waals surface area contributed by atoms with Crippen molar-refractivity contribution in [3.63, 3.8) is 0 Å². The van der Waals surface area contributed by atoms with Gasteiger partial charge in [-0.3, -0.25) is 14.5 Å². The third kappa shape index (κ3) is 7.59. The first-order valence-electron chi connectivity index (χ1n) is 16.3. The number of phenols is 1. The second kappa shape index (κ2) is 14.5. The van der Waals surface area contributed by atoms with Gasteiger partial charge in [0.05, 0.1) is 13.1 Å². The van der Waals surface area contributed by atoms with Gasteiger partial charge >= 0.3 is 6.03 Å². The van der Waals surface area contributed by atoms with Crippen molar-refractivity contribution in [3.8, 4) is 5.75 Å². The summed E-state index contributed by atoms with van der Waals surface area (Å²) in [6.07, 6.45) is 1.60. The molecule has 11 nitrogen and oxygen atoms in total.